The molecule has 1 aliphatic carbocycles. The Morgan fingerprint density at radius 2 is 1.86 bits per heavy atom. The Bertz CT molecular complexity index is 1430. The van der Waals surface area contributed by atoms with E-state index in [1.807, 2.05) is 11.6 Å². The van der Waals surface area contributed by atoms with Crippen molar-refractivity contribution < 1.29 is 0 Å². The van der Waals surface area contributed by atoms with Crippen LogP contribution in [0.25, 0.3) is 10.9 Å². The van der Waals surface area contributed by atoms with Gasteiger partial charge in [-0.1, -0.05) is 49.1 Å². The second-order valence-corrected chi connectivity index (χ2v) is 10.2. The van der Waals surface area contributed by atoms with Crippen LogP contribution in [0, 0.1) is 13.8 Å². The van der Waals surface area contributed by atoms with E-state index >= 15 is 0 Å². The standard InChI is InChI=1S/C28H32N6O/c1-18-15-19(2)25-21(16-18)17-23(28(35)29-25)26(33-14-8-10-20-9-6-7-13-24(20)33)27-30-31-32-34(27)22-11-4-3-5-12-22/h6-7,9,13,15-17,22,26H,3-5,8,10-12,14H2,1-2H3,(H,29,35)/t26-/m0/s1. The predicted molar refractivity (Wildman–Crippen MR) is 138 cm³/mol. The average molecular weight is 469 g/mol. The Morgan fingerprint density at radius 1 is 1.03 bits per heavy atom. The maximum Gasteiger partial charge on any atom is 0.254 e. The van der Waals surface area contributed by atoms with Gasteiger partial charge in [-0.3, -0.25) is 4.79 Å². The molecular formula is C28H32N6O. The van der Waals surface area contributed by atoms with Crippen LogP contribution in [0.15, 0.2) is 47.3 Å². The molecule has 4 aromatic rings. The van der Waals surface area contributed by atoms with Crippen LogP contribution in [0.2, 0.25) is 0 Å². The van der Waals surface area contributed by atoms with Crippen molar-refractivity contribution in [2.45, 2.75) is 70.9 Å². The van der Waals surface area contributed by atoms with Crippen LogP contribution >= 0.6 is 0 Å². The van der Waals surface area contributed by atoms with E-state index in [-0.39, 0.29) is 17.6 Å². The van der Waals surface area contributed by atoms with Gasteiger partial charge in [-0.15, -0.1) is 5.10 Å². The maximum absolute atomic E-state index is 13.7. The van der Waals surface area contributed by atoms with Crippen LogP contribution in [0.3, 0.4) is 0 Å². The van der Waals surface area contributed by atoms with Gasteiger partial charge in [0, 0.05) is 17.8 Å². The van der Waals surface area contributed by atoms with E-state index in [2.05, 4.69) is 74.8 Å². The summed E-state index contributed by atoms with van der Waals surface area (Å²) in [6.45, 7) is 5.00. The van der Waals surface area contributed by atoms with E-state index in [1.54, 1.807) is 0 Å². The number of hydrogen-bond acceptors (Lipinski definition) is 5. The first kappa shape index (κ1) is 22.0. The van der Waals surface area contributed by atoms with Gasteiger partial charge in [0.25, 0.3) is 5.56 Å². The fourth-order valence-corrected chi connectivity index (χ4v) is 6.15. The number of hydrogen-bond donors (Lipinski definition) is 1. The third-order valence-electron chi connectivity index (χ3n) is 7.76. The number of aromatic nitrogens is 5. The van der Waals surface area contributed by atoms with Crippen molar-refractivity contribution in [3.63, 3.8) is 0 Å². The molecule has 0 unspecified atom stereocenters. The number of anilines is 1. The zero-order valence-electron chi connectivity index (χ0n) is 20.5. The van der Waals surface area contributed by atoms with Crippen molar-refractivity contribution in [3.05, 3.63) is 80.9 Å². The van der Waals surface area contributed by atoms with Gasteiger partial charge in [0.15, 0.2) is 5.82 Å². The number of nitrogens with zero attached hydrogens (tertiary/aromatic N) is 5. The largest absolute Gasteiger partial charge is 0.357 e. The van der Waals surface area contributed by atoms with Crippen molar-refractivity contribution in [1.29, 1.82) is 0 Å². The number of pyridine rings is 1. The maximum atomic E-state index is 13.7. The minimum Gasteiger partial charge on any atom is -0.357 e. The first-order chi connectivity index (χ1) is 17.1. The van der Waals surface area contributed by atoms with Gasteiger partial charge >= 0.3 is 0 Å². The highest BCUT2D eigenvalue weighted by Crippen LogP contribution is 2.38. The molecule has 0 radical (unpaired) electrons. The van der Waals surface area contributed by atoms with Crippen LogP contribution in [-0.4, -0.2) is 31.7 Å². The summed E-state index contributed by atoms with van der Waals surface area (Å²) in [7, 11) is 0. The molecule has 7 nitrogen and oxygen atoms in total. The number of H-pyrrole nitrogens is 1. The third kappa shape index (κ3) is 3.93. The fourth-order valence-electron chi connectivity index (χ4n) is 6.15. The monoisotopic (exact) mass is 468 g/mol. The van der Waals surface area contributed by atoms with Crippen molar-refractivity contribution in [1.82, 2.24) is 25.2 Å². The Morgan fingerprint density at radius 3 is 2.71 bits per heavy atom. The molecule has 0 bridgehead atoms. The second kappa shape index (κ2) is 8.95. The Kier molecular flexibility index (Phi) is 5.63. The molecule has 1 N–H and O–H groups in total. The van der Waals surface area contributed by atoms with Crippen LogP contribution < -0.4 is 10.5 Å². The molecule has 7 heteroatoms. The lowest BCUT2D eigenvalue weighted by Gasteiger charge is -2.38. The molecule has 1 fully saturated rings. The van der Waals surface area contributed by atoms with Crippen LogP contribution in [0.5, 0.6) is 0 Å². The number of para-hydroxylation sites is 1. The summed E-state index contributed by atoms with van der Waals surface area (Å²) in [6, 6.07) is 14.8. The van der Waals surface area contributed by atoms with E-state index in [1.165, 1.54) is 36.1 Å². The molecule has 6 rings (SSSR count). The molecule has 1 atom stereocenters. The molecule has 2 aliphatic rings. The fraction of sp³-hybridized carbons (Fsp3) is 0.429. The highest BCUT2D eigenvalue weighted by Gasteiger charge is 2.34. The third-order valence-corrected chi connectivity index (χ3v) is 7.76. The summed E-state index contributed by atoms with van der Waals surface area (Å²) in [6.07, 6.45) is 7.87. The quantitative estimate of drug-likeness (QED) is 0.446. The number of rotatable bonds is 4. The number of tetrazole rings is 1. The minimum atomic E-state index is -0.359. The van der Waals surface area contributed by atoms with Gasteiger partial charge in [0.05, 0.1) is 11.6 Å². The average Bonchev–Trinajstić information content (AvgIpc) is 3.35. The highest BCUT2D eigenvalue weighted by atomic mass is 16.1. The molecule has 2 aromatic carbocycles. The van der Waals surface area contributed by atoms with E-state index in [9.17, 15) is 4.79 Å². The van der Waals surface area contributed by atoms with Gasteiger partial charge in [-0.2, -0.15) is 0 Å². The summed E-state index contributed by atoms with van der Waals surface area (Å²) >= 11 is 0. The molecule has 2 aromatic heterocycles. The molecular weight excluding hydrogens is 436 g/mol. The zero-order valence-corrected chi connectivity index (χ0v) is 20.5. The van der Waals surface area contributed by atoms with Gasteiger partial charge in [0.2, 0.25) is 0 Å². The van der Waals surface area contributed by atoms with Gasteiger partial charge in [-0.25, -0.2) is 4.68 Å². The summed E-state index contributed by atoms with van der Waals surface area (Å²) in [5.74, 6) is 0.767. The molecule has 0 saturated heterocycles. The van der Waals surface area contributed by atoms with Crippen molar-refractivity contribution >= 4 is 16.6 Å². The Labute approximate surface area is 205 Å². The normalized spacial score (nSPS) is 17.5. The second-order valence-electron chi connectivity index (χ2n) is 10.2. The first-order valence-electron chi connectivity index (χ1n) is 12.9. The lowest BCUT2D eigenvalue weighted by Crippen LogP contribution is -2.39. The smallest absolute Gasteiger partial charge is 0.254 e. The zero-order chi connectivity index (χ0) is 23.9. The first-order valence-corrected chi connectivity index (χ1v) is 12.9. The topological polar surface area (TPSA) is 79.7 Å². The molecule has 1 aliphatic heterocycles. The number of benzene rings is 2. The van der Waals surface area contributed by atoms with Gasteiger partial charge in [-0.05, 0) is 84.7 Å². The van der Waals surface area contributed by atoms with Crippen molar-refractivity contribution in [2.75, 3.05) is 11.4 Å². The molecule has 1 saturated carbocycles. The van der Waals surface area contributed by atoms with E-state index < -0.39 is 0 Å². The number of fused-ring (bicyclic) bond motifs is 2. The summed E-state index contributed by atoms with van der Waals surface area (Å²) < 4.78 is 2.02. The van der Waals surface area contributed by atoms with Gasteiger partial charge < -0.3 is 9.88 Å². The molecule has 35 heavy (non-hydrogen) atoms. The van der Waals surface area contributed by atoms with Gasteiger partial charge in [0.1, 0.15) is 6.04 Å². The summed E-state index contributed by atoms with van der Waals surface area (Å²) in [5, 5.41) is 14.2. The Balaban J connectivity index is 1.57. The lowest BCUT2D eigenvalue weighted by atomic mass is 9.93. The van der Waals surface area contributed by atoms with Crippen LogP contribution in [0.4, 0.5) is 5.69 Å². The number of aryl methyl sites for hydroxylation is 3. The summed E-state index contributed by atoms with van der Waals surface area (Å²) in [4.78, 5) is 19.2. The van der Waals surface area contributed by atoms with Crippen molar-refractivity contribution in [3.8, 4) is 0 Å². The Hall–Kier alpha value is -3.48. The summed E-state index contributed by atoms with van der Waals surface area (Å²) in [5.41, 5.74) is 6.26. The molecule has 3 heterocycles. The van der Waals surface area contributed by atoms with Crippen LogP contribution in [0.1, 0.15) is 78.7 Å². The SMILES string of the molecule is Cc1cc(C)c2[nH]c(=O)c([C@@H](c3nnnn3C3CCCCC3)N3CCCc4ccccc43)cc2c1. The van der Waals surface area contributed by atoms with Crippen molar-refractivity contribution in [2.24, 2.45) is 0 Å². The molecule has 180 valence electrons. The molecule has 0 amide bonds. The number of aromatic amines is 1. The van der Waals surface area contributed by atoms with Crippen LogP contribution in [-0.2, 0) is 6.42 Å². The predicted octanol–water partition coefficient (Wildman–Crippen LogP) is 5.18. The minimum absolute atomic E-state index is 0.0734. The van der Waals surface area contributed by atoms with E-state index in [4.69, 9.17) is 0 Å². The van der Waals surface area contributed by atoms with E-state index in [0.29, 0.717) is 5.56 Å². The lowest BCUT2D eigenvalue weighted by molar-refractivity contribution is 0.313. The number of nitrogens with one attached hydrogen (secondary N) is 1. The highest BCUT2D eigenvalue weighted by molar-refractivity contribution is 5.83. The van der Waals surface area contributed by atoms with E-state index in [0.717, 1.165) is 54.5 Å². The molecule has 0 spiro atoms.